The zero-order valence-electron chi connectivity index (χ0n) is 59.7. The van der Waals surface area contributed by atoms with Gasteiger partial charge in [-0.25, -0.2) is 0 Å². The van der Waals surface area contributed by atoms with E-state index in [-0.39, 0.29) is 18.5 Å². The van der Waals surface area contributed by atoms with Crippen LogP contribution in [-0.4, -0.2) is 47.4 Å². The van der Waals surface area contributed by atoms with Gasteiger partial charge in [0.15, 0.2) is 0 Å². The fourth-order valence-electron chi connectivity index (χ4n) is 12.7. The highest BCUT2D eigenvalue weighted by Gasteiger charge is 2.18. The van der Waals surface area contributed by atoms with Crippen LogP contribution in [0.25, 0.3) is 0 Å². The molecule has 0 aliphatic rings. The maximum Gasteiger partial charge on any atom is 0.305 e. The number of amides is 1. The van der Waals surface area contributed by atoms with Gasteiger partial charge in [0.2, 0.25) is 5.91 Å². The molecule has 520 valence electrons. The molecule has 0 rings (SSSR count). The van der Waals surface area contributed by atoms with Crippen molar-refractivity contribution in [3.8, 4) is 0 Å². The zero-order valence-corrected chi connectivity index (χ0v) is 59.7. The average molecular weight is 1240 g/mol. The molecule has 88 heavy (non-hydrogen) atoms. The zero-order chi connectivity index (χ0) is 63.5. The molecule has 0 fully saturated rings. The summed E-state index contributed by atoms with van der Waals surface area (Å²) in [7, 11) is 0. The maximum absolute atomic E-state index is 12.6. The molecule has 0 bridgehead atoms. The quantitative estimate of drug-likeness (QED) is 0.0320. The summed E-state index contributed by atoms with van der Waals surface area (Å²) >= 11 is 0. The van der Waals surface area contributed by atoms with Crippen molar-refractivity contribution in [3.05, 3.63) is 36.5 Å². The van der Waals surface area contributed by atoms with Crippen LogP contribution >= 0.6 is 0 Å². The number of rotatable bonds is 76. The SMILES string of the molecule is CCCCCCCC/C=C\CCCCCCCCCC(=O)OCCCCCCCCCCCCCC/C=C\CCCCCCCCCCCCCCCCC(=O)NC(CO)C(O)/C=C/CCCCCCCCCCCCCCCCCCCCCCCC. The predicted molar refractivity (Wildman–Crippen MR) is 389 cm³/mol. The number of nitrogens with one attached hydrogen (secondary N) is 1. The molecule has 3 N–H and O–H groups in total. The number of ether oxygens (including phenoxy) is 1. The van der Waals surface area contributed by atoms with Gasteiger partial charge in [-0.05, 0) is 83.5 Å². The van der Waals surface area contributed by atoms with Crippen LogP contribution in [0.5, 0.6) is 0 Å². The third-order valence-electron chi connectivity index (χ3n) is 18.9. The number of carbonyl (C=O) groups is 2. The first-order valence-electron chi connectivity index (χ1n) is 40.3. The Morgan fingerprint density at radius 2 is 0.534 bits per heavy atom. The number of hydrogen-bond acceptors (Lipinski definition) is 5. The molecule has 1 amide bonds. The fraction of sp³-hybridized carbons (Fsp3) is 0.902. The summed E-state index contributed by atoms with van der Waals surface area (Å²) < 4.78 is 5.51. The number of carbonyl (C=O) groups excluding carboxylic acids is 2. The van der Waals surface area contributed by atoms with Gasteiger partial charge in [0, 0.05) is 12.8 Å². The van der Waals surface area contributed by atoms with Crippen LogP contribution in [0.1, 0.15) is 450 Å². The van der Waals surface area contributed by atoms with E-state index in [0.29, 0.717) is 19.4 Å². The van der Waals surface area contributed by atoms with E-state index in [2.05, 4.69) is 43.5 Å². The van der Waals surface area contributed by atoms with Gasteiger partial charge in [0.25, 0.3) is 0 Å². The van der Waals surface area contributed by atoms with Gasteiger partial charge in [-0.2, -0.15) is 0 Å². The largest absolute Gasteiger partial charge is 0.466 e. The standard InChI is InChI=1S/C82H157NO5/c1-3-5-7-9-11-13-15-17-19-21-22-23-24-33-36-39-43-46-50-54-58-62-66-70-74-80(85)79(78-84)83-81(86)75-71-67-63-59-55-51-47-44-40-37-34-31-29-27-25-26-28-30-32-35-38-41-45-49-53-57-61-65-69-73-77-88-82(87)76-72-68-64-60-56-52-48-42-20-18-16-14-12-10-8-6-4-2/h18,20,26,28,70,74,79-80,84-85H,3-17,19,21-25,27,29-69,71-73,75-78H2,1-2H3,(H,83,86)/b20-18-,28-26-,74-70+. The molecule has 0 spiro atoms. The van der Waals surface area contributed by atoms with E-state index in [0.717, 1.165) is 44.9 Å². The first-order valence-corrected chi connectivity index (χ1v) is 40.3. The Balaban J connectivity index is 3.39. The monoisotopic (exact) mass is 1240 g/mol. The topological polar surface area (TPSA) is 95.9 Å². The molecule has 0 aromatic heterocycles. The number of unbranched alkanes of at least 4 members (excludes halogenated alkanes) is 61. The highest BCUT2D eigenvalue weighted by molar-refractivity contribution is 5.76. The third-order valence-corrected chi connectivity index (χ3v) is 18.9. The van der Waals surface area contributed by atoms with Crippen molar-refractivity contribution < 1.29 is 24.5 Å². The Bertz CT molecular complexity index is 1430. The van der Waals surface area contributed by atoms with Crippen molar-refractivity contribution in [1.29, 1.82) is 0 Å². The molecule has 6 nitrogen and oxygen atoms in total. The molecule has 2 unspecified atom stereocenters. The Morgan fingerprint density at radius 3 is 0.807 bits per heavy atom. The second-order valence-corrected chi connectivity index (χ2v) is 27.7. The van der Waals surface area contributed by atoms with Crippen LogP contribution in [0.4, 0.5) is 0 Å². The number of hydrogen-bond donors (Lipinski definition) is 3. The van der Waals surface area contributed by atoms with E-state index in [1.807, 2.05) is 6.08 Å². The number of aliphatic hydroxyl groups excluding tert-OH is 2. The molecule has 0 saturated heterocycles. The average Bonchev–Trinajstić information content (AvgIpc) is 3.58. The molecule has 0 radical (unpaired) electrons. The number of allylic oxidation sites excluding steroid dienone is 5. The number of aliphatic hydroxyl groups is 2. The van der Waals surface area contributed by atoms with Crippen LogP contribution in [-0.2, 0) is 14.3 Å². The van der Waals surface area contributed by atoms with Gasteiger partial charge < -0.3 is 20.3 Å². The van der Waals surface area contributed by atoms with E-state index in [1.165, 1.54) is 379 Å². The van der Waals surface area contributed by atoms with E-state index in [9.17, 15) is 19.8 Å². The third kappa shape index (κ3) is 73.1. The lowest BCUT2D eigenvalue weighted by Crippen LogP contribution is -2.45. The van der Waals surface area contributed by atoms with Crippen molar-refractivity contribution in [1.82, 2.24) is 5.32 Å². The summed E-state index contributed by atoms with van der Waals surface area (Å²) in [6.07, 6.45) is 101. The minimum Gasteiger partial charge on any atom is -0.466 e. The minimum atomic E-state index is -0.845. The van der Waals surface area contributed by atoms with Gasteiger partial charge in [0.1, 0.15) is 0 Å². The normalized spacial score (nSPS) is 12.6. The molecule has 0 heterocycles. The smallest absolute Gasteiger partial charge is 0.305 e. The first kappa shape index (κ1) is 86.1. The van der Waals surface area contributed by atoms with Crippen LogP contribution < -0.4 is 5.32 Å². The fourth-order valence-corrected chi connectivity index (χ4v) is 12.7. The molecular formula is C82H157NO5. The van der Waals surface area contributed by atoms with E-state index < -0.39 is 12.1 Å². The van der Waals surface area contributed by atoms with E-state index >= 15 is 0 Å². The molecule has 0 aliphatic carbocycles. The Hall–Kier alpha value is -1.92. The lowest BCUT2D eigenvalue weighted by atomic mass is 10.0. The van der Waals surface area contributed by atoms with Gasteiger partial charge in [-0.1, -0.05) is 391 Å². The maximum atomic E-state index is 12.6. The summed E-state index contributed by atoms with van der Waals surface area (Å²) in [5.74, 6) is -0.0472. The summed E-state index contributed by atoms with van der Waals surface area (Å²) in [4.78, 5) is 24.7. The highest BCUT2D eigenvalue weighted by Crippen LogP contribution is 2.20. The minimum absolute atomic E-state index is 0.0143. The second-order valence-electron chi connectivity index (χ2n) is 27.7. The van der Waals surface area contributed by atoms with Gasteiger partial charge in [0.05, 0.1) is 25.4 Å². The van der Waals surface area contributed by atoms with Gasteiger partial charge in [-0.3, -0.25) is 9.59 Å². The second kappa shape index (κ2) is 77.5. The van der Waals surface area contributed by atoms with Crippen LogP contribution in [0.15, 0.2) is 36.5 Å². The van der Waals surface area contributed by atoms with Crippen molar-refractivity contribution in [3.63, 3.8) is 0 Å². The highest BCUT2D eigenvalue weighted by atomic mass is 16.5. The van der Waals surface area contributed by atoms with Gasteiger partial charge >= 0.3 is 5.97 Å². The Labute approximate surface area is 551 Å². The summed E-state index contributed by atoms with van der Waals surface area (Å²) in [5, 5.41) is 23.3. The number of esters is 1. The van der Waals surface area contributed by atoms with E-state index in [1.54, 1.807) is 6.08 Å². The van der Waals surface area contributed by atoms with Crippen molar-refractivity contribution in [2.24, 2.45) is 0 Å². The van der Waals surface area contributed by atoms with E-state index in [4.69, 9.17) is 4.74 Å². The summed E-state index contributed by atoms with van der Waals surface area (Å²) in [5.41, 5.74) is 0. The molecule has 6 heteroatoms. The molecular weight excluding hydrogens is 1080 g/mol. The lowest BCUT2D eigenvalue weighted by molar-refractivity contribution is -0.143. The van der Waals surface area contributed by atoms with Crippen molar-refractivity contribution in [2.45, 2.75) is 463 Å². The van der Waals surface area contributed by atoms with Crippen molar-refractivity contribution in [2.75, 3.05) is 13.2 Å². The predicted octanol–water partition coefficient (Wildman–Crippen LogP) is 26.6. The molecule has 2 atom stereocenters. The summed E-state index contributed by atoms with van der Waals surface area (Å²) in [6.45, 7) is 4.95. The molecule has 0 aromatic carbocycles. The Morgan fingerprint density at radius 1 is 0.307 bits per heavy atom. The van der Waals surface area contributed by atoms with Crippen LogP contribution in [0.2, 0.25) is 0 Å². The van der Waals surface area contributed by atoms with Crippen molar-refractivity contribution >= 4 is 11.9 Å². The molecule has 0 aliphatic heterocycles. The summed E-state index contributed by atoms with van der Waals surface area (Å²) in [6, 6.07) is -0.629. The van der Waals surface area contributed by atoms with Crippen LogP contribution in [0, 0.1) is 0 Å². The Kier molecular flexibility index (Phi) is 75.8. The lowest BCUT2D eigenvalue weighted by Gasteiger charge is -2.20. The van der Waals surface area contributed by atoms with Gasteiger partial charge in [-0.15, -0.1) is 0 Å². The molecule has 0 aromatic rings. The first-order chi connectivity index (χ1) is 43.5. The molecule has 0 saturated carbocycles. The van der Waals surface area contributed by atoms with Crippen LogP contribution in [0.3, 0.4) is 0 Å².